The highest BCUT2D eigenvalue weighted by atomic mass is 32.2. The maximum absolute atomic E-state index is 11.2. The van der Waals surface area contributed by atoms with Crippen molar-refractivity contribution in [2.45, 2.75) is 16.9 Å². The van der Waals surface area contributed by atoms with Crippen LogP contribution in [-0.4, -0.2) is 15.4 Å². The van der Waals surface area contributed by atoms with E-state index in [1.54, 1.807) is 11.8 Å². The quantitative estimate of drug-likeness (QED) is 0.618. The molecule has 5 heteroatoms. The zero-order chi connectivity index (χ0) is 11.4. The zero-order valence-corrected chi connectivity index (χ0v) is 10.3. The first kappa shape index (κ1) is 11.3. The summed E-state index contributed by atoms with van der Waals surface area (Å²) >= 11 is 2.89. The molecular weight excluding hydrogens is 240 g/mol. The molecule has 0 bridgehead atoms. The van der Waals surface area contributed by atoms with Gasteiger partial charge in [0.25, 0.3) is 0 Å². The summed E-state index contributed by atoms with van der Waals surface area (Å²) in [6.07, 6.45) is 0. The molecule has 0 amide bonds. The lowest BCUT2D eigenvalue weighted by molar-refractivity contribution is 0.101. The van der Waals surface area contributed by atoms with Gasteiger partial charge in [0.1, 0.15) is 4.21 Å². The lowest BCUT2D eigenvalue weighted by Gasteiger charge is -1.99. The van der Waals surface area contributed by atoms with Crippen LogP contribution in [0, 0.1) is 0 Å². The Bertz CT molecular complexity index is 482. The highest BCUT2D eigenvalue weighted by Crippen LogP contribution is 2.28. The van der Waals surface area contributed by atoms with Gasteiger partial charge in [0.05, 0.1) is 0 Å². The van der Waals surface area contributed by atoms with Gasteiger partial charge in [0.2, 0.25) is 0 Å². The monoisotopic (exact) mass is 250 g/mol. The number of carbonyl (C=O) groups is 1. The van der Waals surface area contributed by atoms with Crippen LogP contribution in [0.1, 0.15) is 23.0 Å². The normalized spacial score (nSPS) is 10.3. The Morgan fingerprint density at radius 1 is 1.38 bits per heavy atom. The van der Waals surface area contributed by atoms with Crippen LogP contribution in [-0.2, 0) is 5.75 Å². The van der Waals surface area contributed by atoms with Crippen molar-refractivity contribution in [3.8, 4) is 0 Å². The van der Waals surface area contributed by atoms with E-state index in [0.717, 1.165) is 9.96 Å². The predicted octanol–water partition coefficient (Wildman–Crippen LogP) is 3.03. The van der Waals surface area contributed by atoms with Crippen molar-refractivity contribution >= 4 is 29.1 Å². The van der Waals surface area contributed by atoms with Crippen LogP contribution in [0.3, 0.4) is 0 Å². The Labute approximate surface area is 102 Å². The van der Waals surface area contributed by atoms with E-state index >= 15 is 0 Å². The number of aromatic nitrogens is 2. The van der Waals surface area contributed by atoms with Crippen molar-refractivity contribution < 1.29 is 4.79 Å². The largest absolute Gasteiger partial charge is 0.293 e. The number of Topliss-reactive ketones (excluding diaryl/α,β-unsaturated/α-hetero) is 1. The number of hydrogen-bond acceptors (Lipinski definition) is 5. The van der Waals surface area contributed by atoms with Crippen LogP contribution in [0.2, 0.25) is 0 Å². The van der Waals surface area contributed by atoms with Crippen molar-refractivity contribution in [2.24, 2.45) is 0 Å². The third-order valence-corrected chi connectivity index (χ3v) is 4.04. The minimum atomic E-state index is -0.0238. The Balaban J connectivity index is 2.05. The molecular formula is C11H10N2OS2. The van der Waals surface area contributed by atoms with Crippen LogP contribution in [0.5, 0.6) is 0 Å². The second-order valence-electron chi connectivity index (χ2n) is 3.24. The fourth-order valence-electron chi connectivity index (χ4n) is 1.21. The standard InChI is InChI=1S/C11H10N2OS2/c1-8(14)10-11(16-13-12-10)15-7-9-5-3-2-4-6-9/h2-6H,7H2,1H3. The van der Waals surface area contributed by atoms with Gasteiger partial charge in [0.15, 0.2) is 11.5 Å². The molecule has 2 aromatic rings. The zero-order valence-electron chi connectivity index (χ0n) is 8.71. The van der Waals surface area contributed by atoms with Gasteiger partial charge in [-0.15, -0.1) is 16.9 Å². The third kappa shape index (κ3) is 2.68. The second-order valence-corrected chi connectivity index (χ2v) is 5.24. The van der Waals surface area contributed by atoms with E-state index in [4.69, 9.17) is 0 Å². The highest BCUT2D eigenvalue weighted by Gasteiger charge is 2.12. The maximum Gasteiger partial charge on any atom is 0.182 e. The molecule has 0 saturated carbocycles. The molecule has 1 heterocycles. The minimum Gasteiger partial charge on any atom is -0.293 e. The van der Waals surface area contributed by atoms with Gasteiger partial charge in [-0.1, -0.05) is 34.8 Å². The van der Waals surface area contributed by atoms with Crippen LogP contribution >= 0.6 is 23.3 Å². The van der Waals surface area contributed by atoms with E-state index in [1.807, 2.05) is 18.2 Å². The van der Waals surface area contributed by atoms with Gasteiger partial charge in [-0.25, -0.2) is 0 Å². The number of hydrogen-bond donors (Lipinski definition) is 0. The molecule has 16 heavy (non-hydrogen) atoms. The summed E-state index contributed by atoms with van der Waals surface area (Å²) < 4.78 is 4.71. The molecule has 1 aromatic heterocycles. The second kappa shape index (κ2) is 5.23. The van der Waals surface area contributed by atoms with Gasteiger partial charge < -0.3 is 0 Å². The van der Waals surface area contributed by atoms with Gasteiger partial charge in [-0.3, -0.25) is 4.79 Å². The first-order valence-corrected chi connectivity index (χ1v) is 6.53. The Morgan fingerprint density at radius 3 is 2.81 bits per heavy atom. The van der Waals surface area contributed by atoms with E-state index in [2.05, 4.69) is 21.7 Å². The topological polar surface area (TPSA) is 42.9 Å². The fraction of sp³-hybridized carbons (Fsp3) is 0.182. The van der Waals surface area contributed by atoms with Crippen LogP contribution in [0.25, 0.3) is 0 Å². The molecule has 0 unspecified atom stereocenters. The number of thioether (sulfide) groups is 1. The number of nitrogens with zero attached hydrogens (tertiary/aromatic N) is 2. The molecule has 0 aliphatic rings. The van der Waals surface area contributed by atoms with E-state index in [0.29, 0.717) is 5.69 Å². The smallest absolute Gasteiger partial charge is 0.182 e. The van der Waals surface area contributed by atoms with Gasteiger partial charge in [-0.2, -0.15) is 0 Å². The molecule has 3 nitrogen and oxygen atoms in total. The summed E-state index contributed by atoms with van der Waals surface area (Å²) in [7, 11) is 0. The summed E-state index contributed by atoms with van der Waals surface area (Å²) in [6, 6.07) is 10.1. The summed E-state index contributed by atoms with van der Waals surface area (Å²) in [4.78, 5) is 11.2. The van der Waals surface area contributed by atoms with Gasteiger partial charge >= 0.3 is 0 Å². The third-order valence-electron chi connectivity index (χ3n) is 2.00. The van der Waals surface area contributed by atoms with E-state index in [-0.39, 0.29) is 5.78 Å². The van der Waals surface area contributed by atoms with Crippen LogP contribution in [0.4, 0.5) is 0 Å². The van der Waals surface area contributed by atoms with Gasteiger partial charge in [-0.05, 0) is 17.1 Å². The van der Waals surface area contributed by atoms with Crippen molar-refractivity contribution in [2.75, 3.05) is 0 Å². The lowest BCUT2D eigenvalue weighted by Crippen LogP contribution is -1.94. The minimum absolute atomic E-state index is 0.0238. The molecule has 2 rings (SSSR count). The first-order chi connectivity index (χ1) is 7.77. The fourth-order valence-corrected chi connectivity index (χ4v) is 2.98. The first-order valence-electron chi connectivity index (χ1n) is 4.77. The number of carbonyl (C=O) groups excluding carboxylic acids is 1. The summed E-state index contributed by atoms with van der Waals surface area (Å²) in [5, 5.41) is 3.83. The number of ketones is 1. The van der Waals surface area contributed by atoms with E-state index < -0.39 is 0 Å². The van der Waals surface area contributed by atoms with Crippen molar-refractivity contribution in [1.29, 1.82) is 0 Å². The SMILES string of the molecule is CC(=O)c1nnsc1SCc1ccccc1. The Morgan fingerprint density at radius 2 is 2.12 bits per heavy atom. The molecule has 0 N–H and O–H groups in total. The predicted molar refractivity (Wildman–Crippen MR) is 65.9 cm³/mol. The van der Waals surface area contributed by atoms with Crippen LogP contribution in [0.15, 0.2) is 34.5 Å². The maximum atomic E-state index is 11.2. The van der Waals surface area contributed by atoms with Crippen molar-refractivity contribution in [1.82, 2.24) is 9.59 Å². The molecule has 0 fully saturated rings. The molecule has 0 aliphatic carbocycles. The summed E-state index contributed by atoms with van der Waals surface area (Å²) in [5.74, 6) is 0.815. The van der Waals surface area contributed by atoms with E-state index in [9.17, 15) is 4.79 Å². The summed E-state index contributed by atoms with van der Waals surface area (Å²) in [6.45, 7) is 1.52. The molecule has 0 spiro atoms. The van der Waals surface area contributed by atoms with Crippen LogP contribution < -0.4 is 0 Å². The van der Waals surface area contributed by atoms with Crippen molar-refractivity contribution in [3.63, 3.8) is 0 Å². The molecule has 0 saturated heterocycles. The molecule has 82 valence electrons. The molecule has 0 radical (unpaired) electrons. The number of rotatable bonds is 4. The average Bonchev–Trinajstić information content (AvgIpc) is 2.76. The Hall–Kier alpha value is -1.20. The highest BCUT2D eigenvalue weighted by molar-refractivity contribution is 8.00. The van der Waals surface area contributed by atoms with Gasteiger partial charge in [0, 0.05) is 12.7 Å². The van der Waals surface area contributed by atoms with Crippen molar-refractivity contribution in [3.05, 3.63) is 41.6 Å². The molecule has 1 aromatic carbocycles. The lowest BCUT2D eigenvalue weighted by atomic mass is 10.2. The molecule has 0 atom stereocenters. The Kier molecular flexibility index (Phi) is 3.69. The molecule has 0 aliphatic heterocycles. The van der Waals surface area contributed by atoms with E-state index in [1.165, 1.54) is 24.0 Å². The number of benzene rings is 1. The summed E-state index contributed by atoms with van der Waals surface area (Å²) in [5.41, 5.74) is 1.72. The average molecular weight is 250 g/mol.